The van der Waals surface area contributed by atoms with Crippen LogP contribution in [0, 0.1) is 17.8 Å². The highest BCUT2D eigenvalue weighted by Gasteiger charge is 2.19. The predicted molar refractivity (Wildman–Crippen MR) is 72.7 cm³/mol. The van der Waals surface area contributed by atoms with Crippen molar-refractivity contribution in [1.29, 1.82) is 0 Å². The lowest BCUT2D eigenvalue weighted by atomic mass is 9.88. The average molecular weight is 225 g/mol. The van der Waals surface area contributed by atoms with E-state index in [0.29, 0.717) is 0 Å². The van der Waals surface area contributed by atoms with Gasteiger partial charge in [-0.25, -0.2) is 0 Å². The van der Waals surface area contributed by atoms with E-state index in [2.05, 4.69) is 32.6 Å². The Kier molecular flexibility index (Phi) is 6.41. The smallest absolute Gasteiger partial charge is 0.00161 e. The molecule has 1 nitrogen and oxygen atoms in total. The van der Waals surface area contributed by atoms with Gasteiger partial charge in [-0.1, -0.05) is 27.7 Å². The Morgan fingerprint density at radius 2 is 1.62 bits per heavy atom. The van der Waals surface area contributed by atoms with Crippen molar-refractivity contribution in [3.63, 3.8) is 0 Å². The molecule has 0 spiro atoms. The second-order valence-electron chi connectivity index (χ2n) is 6.45. The van der Waals surface area contributed by atoms with Gasteiger partial charge in [-0.2, -0.15) is 0 Å². The molecule has 1 heteroatoms. The molecule has 0 aliphatic carbocycles. The summed E-state index contributed by atoms with van der Waals surface area (Å²) in [6.07, 6.45) is 7.12. The van der Waals surface area contributed by atoms with Crippen LogP contribution in [0.5, 0.6) is 0 Å². The molecule has 96 valence electrons. The monoisotopic (exact) mass is 225 g/mol. The summed E-state index contributed by atoms with van der Waals surface area (Å²) < 4.78 is 0. The number of rotatable bonds is 6. The molecular formula is C15H31N. The zero-order valence-corrected chi connectivity index (χ0v) is 11.8. The Labute approximate surface area is 103 Å². The molecule has 0 amide bonds. The van der Waals surface area contributed by atoms with E-state index in [1.165, 1.54) is 51.7 Å². The fraction of sp³-hybridized carbons (Fsp3) is 1.00. The second kappa shape index (κ2) is 7.32. The van der Waals surface area contributed by atoms with Crippen LogP contribution < -0.4 is 0 Å². The summed E-state index contributed by atoms with van der Waals surface area (Å²) in [7, 11) is 0. The first-order valence-electron chi connectivity index (χ1n) is 7.30. The quantitative estimate of drug-likeness (QED) is 0.655. The third kappa shape index (κ3) is 5.89. The summed E-state index contributed by atoms with van der Waals surface area (Å²) in [5.74, 6) is 2.78. The van der Waals surface area contributed by atoms with E-state index in [9.17, 15) is 0 Å². The Hall–Kier alpha value is -0.0400. The zero-order chi connectivity index (χ0) is 12.0. The zero-order valence-electron chi connectivity index (χ0n) is 11.8. The first kappa shape index (κ1) is 14.0. The molecule has 1 rings (SSSR count). The SMILES string of the molecule is CC(C)CCCN1CCC(CC(C)C)CC1. The van der Waals surface area contributed by atoms with E-state index in [0.717, 1.165) is 17.8 Å². The van der Waals surface area contributed by atoms with E-state index < -0.39 is 0 Å². The van der Waals surface area contributed by atoms with Gasteiger partial charge in [0.15, 0.2) is 0 Å². The van der Waals surface area contributed by atoms with Crippen molar-refractivity contribution < 1.29 is 0 Å². The van der Waals surface area contributed by atoms with Crippen molar-refractivity contribution in [1.82, 2.24) is 4.90 Å². The van der Waals surface area contributed by atoms with Crippen molar-refractivity contribution in [2.45, 2.75) is 59.8 Å². The van der Waals surface area contributed by atoms with Gasteiger partial charge >= 0.3 is 0 Å². The highest BCUT2D eigenvalue weighted by Crippen LogP contribution is 2.24. The van der Waals surface area contributed by atoms with E-state index in [1.54, 1.807) is 0 Å². The molecule has 0 unspecified atom stereocenters. The Bertz CT molecular complexity index is 166. The van der Waals surface area contributed by atoms with Crippen LogP contribution in [0.25, 0.3) is 0 Å². The molecule has 0 bridgehead atoms. The number of hydrogen-bond donors (Lipinski definition) is 0. The van der Waals surface area contributed by atoms with Crippen LogP contribution in [0.2, 0.25) is 0 Å². The summed E-state index contributed by atoms with van der Waals surface area (Å²) in [5, 5.41) is 0. The lowest BCUT2D eigenvalue weighted by Crippen LogP contribution is -2.34. The third-order valence-electron chi connectivity index (χ3n) is 3.77. The predicted octanol–water partition coefficient (Wildman–Crippen LogP) is 4.18. The topological polar surface area (TPSA) is 3.24 Å². The van der Waals surface area contributed by atoms with Crippen LogP contribution in [0.15, 0.2) is 0 Å². The van der Waals surface area contributed by atoms with Crippen LogP contribution in [-0.4, -0.2) is 24.5 Å². The molecule has 0 aromatic rings. The van der Waals surface area contributed by atoms with Gasteiger partial charge in [0.05, 0.1) is 0 Å². The minimum Gasteiger partial charge on any atom is -0.303 e. The van der Waals surface area contributed by atoms with Gasteiger partial charge in [-0.05, 0) is 69.5 Å². The lowest BCUT2D eigenvalue weighted by Gasteiger charge is -2.32. The van der Waals surface area contributed by atoms with Gasteiger partial charge in [-0.3, -0.25) is 0 Å². The number of nitrogens with zero attached hydrogens (tertiary/aromatic N) is 1. The molecular weight excluding hydrogens is 194 g/mol. The molecule has 0 aromatic carbocycles. The summed E-state index contributed by atoms with van der Waals surface area (Å²) in [5.41, 5.74) is 0. The Balaban J connectivity index is 2.07. The highest BCUT2D eigenvalue weighted by atomic mass is 15.1. The van der Waals surface area contributed by atoms with Crippen LogP contribution in [-0.2, 0) is 0 Å². The van der Waals surface area contributed by atoms with E-state index >= 15 is 0 Å². The Morgan fingerprint density at radius 1 is 1.00 bits per heavy atom. The second-order valence-corrected chi connectivity index (χ2v) is 6.45. The van der Waals surface area contributed by atoms with Crippen molar-refractivity contribution >= 4 is 0 Å². The molecule has 0 N–H and O–H groups in total. The molecule has 0 atom stereocenters. The molecule has 0 aromatic heterocycles. The first-order chi connectivity index (χ1) is 7.58. The van der Waals surface area contributed by atoms with Crippen LogP contribution in [0.3, 0.4) is 0 Å². The molecule has 1 heterocycles. The number of hydrogen-bond acceptors (Lipinski definition) is 1. The molecule has 0 saturated carbocycles. The Morgan fingerprint density at radius 3 is 2.12 bits per heavy atom. The maximum absolute atomic E-state index is 2.68. The number of likely N-dealkylation sites (tertiary alicyclic amines) is 1. The van der Waals surface area contributed by atoms with Crippen molar-refractivity contribution in [3.8, 4) is 0 Å². The van der Waals surface area contributed by atoms with Gasteiger partial charge in [-0.15, -0.1) is 0 Å². The van der Waals surface area contributed by atoms with Crippen LogP contribution in [0.4, 0.5) is 0 Å². The summed E-state index contributed by atoms with van der Waals surface area (Å²) >= 11 is 0. The normalized spacial score (nSPS) is 19.9. The van der Waals surface area contributed by atoms with Crippen molar-refractivity contribution in [3.05, 3.63) is 0 Å². The fourth-order valence-corrected chi connectivity index (χ4v) is 2.84. The third-order valence-corrected chi connectivity index (χ3v) is 3.77. The average Bonchev–Trinajstić information content (AvgIpc) is 2.19. The highest BCUT2D eigenvalue weighted by molar-refractivity contribution is 4.73. The van der Waals surface area contributed by atoms with Gasteiger partial charge < -0.3 is 4.90 Å². The standard InChI is InChI=1S/C15H31N/c1-13(2)6-5-9-16-10-7-15(8-11-16)12-14(3)4/h13-15H,5-12H2,1-4H3. The van der Waals surface area contributed by atoms with Gasteiger partial charge in [0.25, 0.3) is 0 Å². The minimum absolute atomic E-state index is 0.874. The molecule has 1 aliphatic heterocycles. The van der Waals surface area contributed by atoms with Crippen LogP contribution >= 0.6 is 0 Å². The summed E-state index contributed by atoms with van der Waals surface area (Å²) in [4.78, 5) is 2.68. The molecule has 16 heavy (non-hydrogen) atoms. The van der Waals surface area contributed by atoms with E-state index in [-0.39, 0.29) is 0 Å². The van der Waals surface area contributed by atoms with Gasteiger partial charge in [0, 0.05) is 0 Å². The largest absolute Gasteiger partial charge is 0.303 e. The lowest BCUT2D eigenvalue weighted by molar-refractivity contribution is 0.167. The number of piperidine rings is 1. The fourth-order valence-electron chi connectivity index (χ4n) is 2.84. The minimum atomic E-state index is 0.874. The maximum Gasteiger partial charge on any atom is -0.00161 e. The molecule has 0 radical (unpaired) electrons. The summed E-state index contributed by atoms with van der Waals surface area (Å²) in [6, 6.07) is 0. The maximum atomic E-state index is 2.68. The van der Waals surface area contributed by atoms with Gasteiger partial charge in [0.1, 0.15) is 0 Å². The van der Waals surface area contributed by atoms with Gasteiger partial charge in [0.2, 0.25) is 0 Å². The van der Waals surface area contributed by atoms with E-state index in [4.69, 9.17) is 0 Å². The van der Waals surface area contributed by atoms with Crippen molar-refractivity contribution in [2.24, 2.45) is 17.8 Å². The summed E-state index contributed by atoms with van der Waals surface area (Å²) in [6.45, 7) is 13.4. The van der Waals surface area contributed by atoms with Crippen molar-refractivity contribution in [2.75, 3.05) is 19.6 Å². The molecule has 1 aliphatic rings. The molecule has 1 fully saturated rings. The first-order valence-corrected chi connectivity index (χ1v) is 7.30. The van der Waals surface area contributed by atoms with Crippen LogP contribution in [0.1, 0.15) is 59.8 Å². The van der Waals surface area contributed by atoms with E-state index in [1.807, 2.05) is 0 Å². The molecule has 1 saturated heterocycles.